The van der Waals surface area contributed by atoms with Crippen LogP contribution in [0.3, 0.4) is 0 Å². The molecule has 3 aromatic heterocycles. The first-order chi connectivity index (χ1) is 10.3. The van der Waals surface area contributed by atoms with Crippen LogP contribution in [0.25, 0.3) is 16.9 Å². The van der Waals surface area contributed by atoms with Crippen LogP contribution in [0.4, 0.5) is 23.5 Å². The van der Waals surface area contributed by atoms with Gasteiger partial charge >= 0.3 is 6.36 Å². The first kappa shape index (κ1) is 14.0. The summed E-state index contributed by atoms with van der Waals surface area (Å²) in [7, 11) is 0. The van der Waals surface area contributed by atoms with Crippen LogP contribution >= 0.6 is 0 Å². The topological polar surface area (TPSA) is 78.3 Å². The van der Waals surface area contributed by atoms with Crippen molar-refractivity contribution >= 4 is 11.5 Å². The molecule has 0 unspecified atom stereocenters. The number of nitrogens with zero attached hydrogens (tertiary/aromatic N) is 4. The van der Waals surface area contributed by atoms with Gasteiger partial charge in [-0.15, -0.1) is 18.3 Å². The van der Waals surface area contributed by atoms with Crippen molar-refractivity contribution in [1.29, 1.82) is 0 Å². The number of aromatic nitrogens is 4. The molecule has 0 radical (unpaired) electrons. The van der Waals surface area contributed by atoms with E-state index >= 15 is 0 Å². The van der Waals surface area contributed by atoms with Crippen molar-refractivity contribution < 1.29 is 22.3 Å². The Hall–Kier alpha value is -2.91. The zero-order chi connectivity index (χ0) is 15.9. The molecule has 6 nitrogen and oxygen atoms in total. The predicted molar refractivity (Wildman–Crippen MR) is 67.3 cm³/mol. The number of fused-ring (bicyclic) bond motifs is 1. The van der Waals surface area contributed by atoms with E-state index in [4.69, 9.17) is 5.73 Å². The van der Waals surface area contributed by atoms with Crippen molar-refractivity contribution in [2.24, 2.45) is 0 Å². The van der Waals surface area contributed by atoms with Gasteiger partial charge in [-0.05, 0) is 6.07 Å². The molecule has 22 heavy (non-hydrogen) atoms. The highest BCUT2D eigenvalue weighted by atomic mass is 19.4. The minimum atomic E-state index is -4.87. The molecule has 0 atom stereocenters. The number of pyridine rings is 1. The lowest BCUT2D eigenvalue weighted by Crippen LogP contribution is -2.18. The Labute approximate surface area is 120 Å². The molecule has 114 valence electrons. The minimum Gasteiger partial charge on any atom is -0.388 e. The van der Waals surface area contributed by atoms with Crippen molar-refractivity contribution in [3.8, 4) is 17.3 Å². The summed E-state index contributed by atoms with van der Waals surface area (Å²) in [6, 6.07) is 4.80. The number of nitrogens with two attached hydrogens (primary N) is 1. The maximum absolute atomic E-state index is 13.8. The number of rotatable bonds is 2. The van der Waals surface area contributed by atoms with Gasteiger partial charge in [0.05, 0.1) is 17.6 Å². The molecular formula is C12H7F4N5O. The van der Waals surface area contributed by atoms with E-state index in [1.165, 1.54) is 12.1 Å². The Bertz CT molecular complexity index is 845. The molecule has 3 aromatic rings. The second-order valence-corrected chi connectivity index (χ2v) is 4.20. The SMILES string of the molecule is Nc1ncc2c(F)cc(-c3cccc(OC(F)(F)F)n3)n2n1. The van der Waals surface area contributed by atoms with Crippen molar-refractivity contribution in [3.05, 3.63) is 36.3 Å². The Morgan fingerprint density at radius 3 is 2.73 bits per heavy atom. The van der Waals surface area contributed by atoms with Crippen molar-refractivity contribution in [1.82, 2.24) is 19.6 Å². The Morgan fingerprint density at radius 2 is 2.00 bits per heavy atom. The number of halogens is 4. The van der Waals surface area contributed by atoms with Gasteiger partial charge in [-0.2, -0.15) is 0 Å². The minimum absolute atomic E-state index is 0.0214. The van der Waals surface area contributed by atoms with Crippen LogP contribution in [0.2, 0.25) is 0 Å². The monoisotopic (exact) mass is 313 g/mol. The number of anilines is 1. The molecule has 0 spiro atoms. The van der Waals surface area contributed by atoms with Crippen LogP contribution in [0, 0.1) is 5.82 Å². The highest BCUT2D eigenvalue weighted by molar-refractivity contribution is 5.64. The van der Waals surface area contributed by atoms with Gasteiger partial charge < -0.3 is 10.5 Å². The fraction of sp³-hybridized carbons (Fsp3) is 0.0833. The van der Waals surface area contributed by atoms with Gasteiger partial charge in [-0.25, -0.2) is 18.9 Å². The molecule has 0 saturated carbocycles. The normalized spacial score (nSPS) is 11.8. The molecule has 0 aliphatic heterocycles. The van der Waals surface area contributed by atoms with E-state index in [0.29, 0.717) is 0 Å². The van der Waals surface area contributed by atoms with Gasteiger partial charge in [-0.1, -0.05) is 6.07 Å². The highest BCUT2D eigenvalue weighted by Gasteiger charge is 2.32. The summed E-state index contributed by atoms with van der Waals surface area (Å²) in [5, 5.41) is 3.82. The van der Waals surface area contributed by atoms with Gasteiger partial charge in [0.25, 0.3) is 0 Å². The molecule has 0 fully saturated rings. The number of hydrogen-bond acceptors (Lipinski definition) is 5. The molecular weight excluding hydrogens is 306 g/mol. The molecule has 3 heterocycles. The molecule has 0 aliphatic rings. The number of nitrogen functional groups attached to an aromatic ring is 1. The molecule has 10 heteroatoms. The molecule has 0 aromatic carbocycles. The standard InChI is InChI=1S/C12H7F4N5O/c13-6-4-8(21-9(6)5-18-11(17)20-21)7-2-1-3-10(19-7)22-12(14,15)16/h1-5H,(H2,17,20). The summed E-state index contributed by atoms with van der Waals surface area (Å²) in [6.45, 7) is 0. The number of ether oxygens (including phenoxy) is 1. The first-order valence-corrected chi connectivity index (χ1v) is 5.86. The average molecular weight is 313 g/mol. The molecule has 0 bridgehead atoms. The Morgan fingerprint density at radius 1 is 1.23 bits per heavy atom. The van der Waals surface area contributed by atoms with E-state index < -0.39 is 18.1 Å². The molecule has 0 saturated heterocycles. The van der Waals surface area contributed by atoms with Gasteiger partial charge in [0.2, 0.25) is 11.8 Å². The fourth-order valence-electron chi connectivity index (χ4n) is 1.88. The van der Waals surface area contributed by atoms with Gasteiger partial charge in [-0.3, -0.25) is 0 Å². The largest absolute Gasteiger partial charge is 0.574 e. The van der Waals surface area contributed by atoms with Gasteiger partial charge in [0, 0.05) is 12.1 Å². The van der Waals surface area contributed by atoms with Crippen molar-refractivity contribution in [2.75, 3.05) is 5.73 Å². The Balaban J connectivity index is 2.12. The van der Waals surface area contributed by atoms with Crippen LogP contribution in [0.1, 0.15) is 0 Å². The zero-order valence-electron chi connectivity index (χ0n) is 10.7. The van der Waals surface area contributed by atoms with E-state index in [9.17, 15) is 17.6 Å². The molecule has 0 aliphatic carbocycles. The quantitative estimate of drug-likeness (QED) is 0.735. The number of alkyl halides is 3. The lowest BCUT2D eigenvalue weighted by Gasteiger charge is -2.08. The van der Waals surface area contributed by atoms with Crippen LogP contribution in [-0.4, -0.2) is 25.9 Å². The summed E-state index contributed by atoms with van der Waals surface area (Å²) in [5.74, 6) is -1.44. The van der Waals surface area contributed by atoms with Gasteiger partial charge in [0.1, 0.15) is 5.52 Å². The third-order valence-corrected chi connectivity index (χ3v) is 2.69. The van der Waals surface area contributed by atoms with Gasteiger partial charge in [0.15, 0.2) is 5.82 Å². The smallest absolute Gasteiger partial charge is 0.388 e. The van der Waals surface area contributed by atoms with Crippen LogP contribution in [-0.2, 0) is 0 Å². The van der Waals surface area contributed by atoms with E-state index in [0.717, 1.165) is 22.8 Å². The summed E-state index contributed by atoms with van der Waals surface area (Å²) in [5.41, 5.74) is 5.62. The molecule has 3 rings (SSSR count). The third-order valence-electron chi connectivity index (χ3n) is 2.69. The maximum atomic E-state index is 13.8. The lowest BCUT2D eigenvalue weighted by atomic mass is 10.3. The average Bonchev–Trinajstić information content (AvgIpc) is 2.74. The molecule has 2 N–H and O–H groups in total. The van der Waals surface area contributed by atoms with E-state index in [2.05, 4.69) is 19.8 Å². The fourth-order valence-corrected chi connectivity index (χ4v) is 1.88. The van der Waals surface area contributed by atoms with E-state index in [1.54, 1.807) is 0 Å². The van der Waals surface area contributed by atoms with Crippen LogP contribution in [0.5, 0.6) is 5.88 Å². The highest BCUT2D eigenvalue weighted by Crippen LogP contribution is 2.26. The maximum Gasteiger partial charge on any atom is 0.574 e. The third kappa shape index (κ3) is 2.62. The van der Waals surface area contributed by atoms with Crippen LogP contribution < -0.4 is 10.5 Å². The summed E-state index contributed by atoms with van der Waals surface area (Å²) in [6.07, 6.45) is -3.71. The summed E-state index contributed by atoms with van der Waals surface area (Å²) >= 11 is 0. The lowest BCUT2D eigenvalue weighted by molar-refractivity contribution is -0.276. The zero-order valence-corrected chi connectivity index (χ0v) is 10.7. The van der Waals surface area contributed by atoms with E-state index in [-0.39, 0.29) is 22.9 Å². The van der Waals surface area contributed by atoms with Crippen molar-refractivity contribution in [2.45, 2.75) is 6.36 Å². The first-order valence-electron chi connectivity index (χ1n) is 5.86. The van der Waals surface area contributed by atoms with Crippen LogP contribution in [0.15, 0.2) is 30.5 Å². The Kier molecular flexibility index (Phi) is 3.08. The van der Waals surface area contributed by atoms with Crippen molar-refractivity contribution in [3.63, 3.8) is 0 Å². The summed E-state index contributed by atoms with van der Waals surface area (Å²) < 4.78 is 55.3. The second-order valence-electron chi connectivity index (χ2n) is 4.20. The van der Waals surface area contributed by atoms with E-state index in [1.807, 2.05) is 0 Å². The molecule has 0 amide bonds. The second kappa shape index (κ2) is 4.83. The summed E-state index contributed by atoms with van der Waals surface area (Å²) in [4.78, 5) is 7.34. The predicted octanol–water partition coefficient (Wildman–Crippen LogP) is 2.41. The number of hydrogen-bond donors (Lipinski definition) is 1.